The molecule has 7 heteroatoms. The Morgan fingerprint density at radius 1 is 1.09 bits per heavy atom. The van der Waals surface area contributed by atoms with Crippen LogP contribution in [-0.4, -0.2) is 35.1 Å². The van der Waals surface area contributed by atoms with E-state index < -0.39 is 0 Å². The summed E-state index contributed by atoms with van der Waals surface area (Å²) in [6.07, 6.45) is 4.30. The predicted molar refractivity (Wildman–Crippen MR) is 128 cm³/mol. The molecule has 1 saturated heterocycles. The number of benzene rings is 2. The Bertz CT molecular complexity index is 1030. The number of allylic oxidation sites excluding steroid dienone is 2. The number of ether oxygens (including phenoxy) is 1. The van der Waals surface area contributed by atoms with Gasteiger partial charge in [-0.2, -0.15) is 0 Å². The van der Waals surface area contributed by atoms with E-state index in [1.807, 2.05) is 50.3 Å². The van der Waals surface area contributed by atoms with Crippen LogP contribution < -0.4 is 10.1 Å². The number of thioether (sulfide) groups is 1. The van der Waals surface area contributed by atoms with Crippen molar-refractivity contribution >= 4 is 40.6 Å². The van der Waals surface area contributed by atoms with Crippen molar-refractivity contribution in [2.24, 2.45) is 0 Å². The average molecular weight is 451 g/mol. The number of carbonyl (C=O) groups excluding carboxylic acids is 3. The second-order valence-corrected chi connectivity index (χ2v) is 8.23. The minimum atomic E-state index is -0.312. The van der Waals surface area contributed by atoms with Crippen molar-refractivity contribution in [3.8, 4) is 5.75 Å². The molecule has 166 valence electrons. The van der Waals surface area contributed by atoms with E-state index in [9.17, 15) is 14.4 Å². The van der Waals surface area contributed by atoms with Gasteiger partial charge in [-0.15, -0.1) is 0 Å². The molecule has 1 aliphatic heterocycles. The summed E-state index contributed by atoms with van der Waals surface area (Å²) in [4.78, 5) is 38.7. The molecule has 0 radical (unpaired) electrons. The van der Waals surface area contributed by atoms with E-state index >= 15 is 0 Å². The fraction of sp³-hybridized carbons (Fsp3) is 0.240. The molecule has 0 spiro atoms. The molecule has 3 rings (SSSR count). The summed E-state index contributed by atoms with van der Waals surface area (Å²) in [6, 6.07) is 16.9. The second kappa shape index (κ2) is 11.3. The number of imide groups is 1. The van der Waals surface area contributed by atoms with Crippen LogP contribution in [0.3, 0.4) is 0 Å². The summed E-state index contributed by atoms with van der Waals surface area (Å²) in [7, 11) is 0. The first kappa shape index (κ1) is 23.3. The molecule has 0 unspecified atom stereocenters. The van der Waals surface area contributed by atoms with Crippen LogP contribution in [0.25, 0.3) is 6.08 Å². The summed E-state index contributed by atoms with van der Waals surface area (Å²) in [5.41, 5.74) is 2.59. The lowest BCUT2D eigenvalue weighted by Gasteiger charge is -2.12. The van der Waals surface area contributed by atoms with Crippen molar-refractivity contribution < 1.29 is 19.1 Å². The molecule has 32 heavy (non-hydrogen) atoms. The van der Waals surface area contributed by atoms with Gasteiger partial charge >= 0.3 is 0 Å². The zero-order chi connectivity index (χ0) is 22.9. The summed E-state index contributed by atoms with van der Waals surface area (Å²) >= 11 is 0.933. The lowest BCUT2D eigenvalue weighted by Crippen LogP contribution is -2.29. The van der Waals surface area contributed by atoms with Gasteiger partial charge in [0.1, 0.15) is 5.75 Å². The van der Waals surface area contributed by atoms with E-state index in [-0.39, 0.29) is 30.0 Å². The van der Waals surface area contributed by atoms with E-state index in [2.05, 4.69) is 5.32 Å². The summed E-state index contributed by atoms with van der Waals surface area (Å²) < 4.78 is 5.38. The third-order valence-electron chi connectivity index (χ3n) is 4.66. The zero-order valence-electron chi connectivity index (χ0n) is 18.2. The predicted octanol–water partition coefficient (Wildman–Crippen LogP) is 5.49. The van der Waals surface area contributed by atoms with E-state index in [0.717, 1.165) is 28.6 Å². The SMILES string of the molecule is CCOc1ccc(NC(=O)CCCN2C(=O)S/C(=C\C(C)=C\c3ccccc3)C2=O)cc1. The van der Waals surface area contributed by atoms with Gasteiger partial charge in [0.25, 0.3) is 11.1 Å². The molecule has 2 aromatic rings. The smallest absolute Gasteiger partial charge is 0.293 e. The molecule has 0 aliphatic carbocycles. The fourth-order valence-corrected chi connectivity index (χ4v) is 4.09. The highest BCUT2D eigenvalue weighted by atomic mass is 32.2. The van der Waals surface area contributed by atoms with E-state index in [1.54, 1.807) is 30.3 Å². The molecule has 1 fully saturated rings. The number of hydrogen-bond acceptors (Lipinski definition) is 5. The highest BCUT2D eigenvalue weighted by Crippen LogP contribution is 2.32. The number of nitrogens with zero attached hydrogens (tertiary/aromatic N) is 1. The Labute approximate surface area is 192 Å². The first-order valence-electron chi connectivity index (χ1n) is 10.5. The topological polar surface area (TPSA) is 75.7 Å². The second-order valence-electron chi connectivity index (χ2n) is 7.24. The number of nitrogens with one attached hydrogen (secondary N) is 1. The minimum Gasteiger partial charge on any atom is -0.494 e. The molecule has 1 N–H and O–H groups in total. The van der Waals surface area contributed by atoms with Gasteiger partial charge in [0.2, 0.25) is 5.91 Å². The van der Waals surface area contributed by atoms with Crippen LogP contribution in [0.1, 0.15) is 32.3 Å². The monoisotopic (exact) mass is 450 g/mol. The maximum absolute atomic E-state index is 12.6. The van der Waals surface area contributed by atoms with Gasteiger partial charge in [-0.1, -0.05) is 36.4 Å². The van der Waals surface area contributed by atoms with Crippen molar-refractivity contribution in [2.45, 2.75) is 26.7 Å². The van der Waals surface area contributed by atoms with E-state index in [0.29, 0.717) is 23.6 Å². The first-order chi connectivity index (χ1) is 15.5. The average Bonchev–Trinajstić information content (AvgIpc) is 3.03. The van der Waals surface area contributed by atoms with Crippen molar-refractivity contribution in [3.05, 3.63) is 76.7 Å². The number of amides is 3. The highest BCUT2D eigenvalue weighted by Gasteiger charge is 2.34. The zero-order valence-corrected chi connectivity index (χ0v) is 19.0. The van der Waals surface area contributed by atoms with E-state index in [4.69, 9.17) is 4.74 Å². The molecular formula is C25H26N2O4S. The molecule has 2 aromatic carbocycles. The molecule has 0 bridgehead atoms. The van der Waals surface area contributed by atoms with Crippen LogP contribution in [0.5, 0.6) is 5.75 Å². The largest absolute Gasteiger partial charge is 0.494 e. The number of carbonyl (C=O) groups is 3. The van der Waals surface area contributed by atoms with E-state index in [1.165, 1.54) is 4.90 Å². The van der Waals surface area contributed by atoms with Gasteiger partial charge in [-0.3, -0.25) is 19.3 Å². The van der Waals surface area contributed by atoms with Gasteiger partial charge < -0.3 is 10.1 Å². The molecule has 0 aromatic heterocycles. The van der Waals surface area contributed by atoms with Crippen molar-refractivity contribution in [3.63, 3.8) is 0 Å². The Morgan fingerprint density at radius 3 is 2.50 bits per heavy atom. The van der Waals surface area contributed by atoms with Crippen LogP contribution in [0.4, 0.5) is 10.5 Å². The number of rotatable bonds is 9. The Balaban J connectivity index is 1.50. The third kappa shape index (κ3) is 6.59. The number of hydrogen-bond donors (Lipinski definition) is 1. The third-order valence-corrected chi connectivity index (χ3v) is 5.57. The molecule has 0 atom stereocenters. The van der Waals surface area contributed by atoms with Gasteiger partial charge in [-0.05, 0) is 73.5 Å². The maximum Gasteiger partial charge on any atom is 0.293 e. The van der Waals surface area contributed by atoms with Gasteiger partial charge in [0.15, 0.2) is 0 Å². The Kier molecular flexibility index (Phi) is 8.27. The normalized spacial score (nSPS) is 15.4. The van der Waals surface area contributed by atoms with Crippen molar-refractivity contribution in [1.82, 2.24) is 4.90 Å². The van der Waals surface area contributed by atoms with Gasteiger partial charge in [0.05, 0.1) is 11.5 Å². The fourth-order valence-electron chi connectivity index (χ4n) is 3.18. The molecule has 6 nitrogen and oxygen atoms in total. The molecule has 1 heterocycles. The van der Waals surface area contributed by atoms with Crippen LogP contribution in [0.2, 0.25) is 0 Å². The van der Waals surface area contributed by atoms with Gasteiger partial charge in [0, 0.05) is 18.7 Å². The Morgan fingerprint density at radius 2 is 1.81 bits per heavy atom. The van der Waals surface area contributed by atoms with Gasteiger partial charge in [-0.25, -0.2) is 0 Å². The van der Waals surface area contributed by atoms with Crippen LogP contribution >= 0.6 is 11.8 Å². The standard InChI is InChI=1S/C25H26N2O4S/c1-3-31-21-13-11-20(12-14-21)26-23(28)10-7-15-27-24(29)22(32-25(27)30)17-18(2)16-19-8-5-4-6-9-19/h4-6,8-9,11-14,16-17H,3,7,10,15H2,1-2H3,(H,26,28)/b18-16+,22-17-. The summed E-state index contributed by atoms with van der Waals surface area (Å²) in [5, 5.41) is 2.51. The molecular weight excluding hydrogens is 424 g/mol. The van der Waals surface area contributed by atoms with Crippen LogP contribution in [0.15, 0.2) is 71.2 Å². The van der Waals surface area contributed by atoms with Crippen molar-refractivity contribution in [2.75, 3.05) is 18.5 Å². The van der Waals surface area contributed by atoms with Crippen molar-refractivity contribution in [1.29, 1.82) is 0 Å². The molecule has 3 amide bonds. The lowest BCUT2D eigenvalue weighted by molar-refractivity contribution is -0.123. The Hall–Kier alpha value is -3.32. The van der Waals surface area contributed by atoms with Crippen LogP contribution in [0, 0.1) is 0 Å². The molecule has 1 aliphatic rings. The highest BCUT2D eigenvalue weighted by molar-refractivity contribution is 8.18. The van der Waals surface area contributed by atoms with Crippen LogP contribution in [-0.2, 0) is 9.59 Å². The number of anilines is 1. The summed E-state index contributed by atoms with van der Waals surface area (Å²) in [6.45, 7) is 4.59. The minimum absolute atomic E-state index is 0.168. The lowest BCUT2D eigenvalue weighted by atomic mass is 10.1. The maximum atomic E-state index is 12.6. The first-order valence-corrected chi connectivity index (χ1v) is 11.3. The molecule has 0 saturated carbocycles. The quantitative estimate of drug-likeness (QED) is 0.512. The summed E-state index contributed by atoms with van der Waals surface area (Å²) in [5.74, 6) is 0.262.